The molecular weight excluding hydrogens is 126 g/mol. The van der Waals surface area contributed by atoms with Crippen LogP contribution in [0, 0.1) is 5.92 Å². The van der Waals surface area contributed by atoms with Crippen molar-refractivity contribution >= 4 is 0 Å². The molecule has 0 saturated carbocycles. The molecule has 2 saturated heterocycles. The second-order valence-corrected chi connectivity index (χ2v) is 3.56. The van der Waals surface area contributed by atoms with Crippen LogP contribution in [-0.4, -0.2) is 37.2 Å². The second kappa shape index (κ2) is 2.51. The molecule has 0 aromatic heterocycles. The van der Waals surface area contributed by atoms with Crippen molar-refractivity contribution in [3.8, 4) is 0 Å². The predicted molar refractivity (Wildman–Crippen MR) is 40.0 cm³/mol. The van der Waals surface area contributed by atoms with Gasteiger partial charge in [-0.15, -0.1) is 0 Å². The number of fused-ring (bicyclic) bond motifs is 1. The van der Waals surface area contributed by atoms with Crippen LogP contribution >= 0.6 is 0 Å². The molecule has 2 aliphatic rings. The van der Waals surface area contributed by atoms with Gasteiger partial charge >= 0.3 is 0 Å². The summed E-state index contributed by atoms with van der Waals surface area (Å²) >= 11 is 0. The van der Waals surface area contributed by atoms with Gasteiger partial charge < -0.3 is 4.74 Å². The van der Waals surface area contributed by atoms with Gasteiger partial charge in [-0.25, -0.2) is 0 Å². The fourth-order valence-electron chi connectivity index (χ4n) is 2.09. The van der Waals surface area contributed by atoms with Crippen molar-refractivity contribution in [2.75, 3.05) is 26.3 Å². The lowest BCUT2D eigenvalue weighted by atomic mass is 10.1. The summed E-state index contributed by atoms with van der Waals surface area (Å²) in [7, 11) is 0. The summed E-state index contributed by atoms with van der Waals surface area (Å²) in [6.07, 6.45) is 1.35. The van der Waals surface area contributed by atoms with Crippen LogP contribution < -0.4 is 0 Å². The smallest absolute Gasteiger partial charge is 0.0622 e. The first-order valence-electron chi connectivity index (χ1n) is 4.18. The largest absolute Gasteiger partial charge is 0.378 e. The van der Waals surface area contributed by atoms with Crippen molar-refractivity contribution in [2.45, 2.75) is 19.4 Å². The first-order chi connectivity index (χ1) is 4.86. The molecule has 0 spiro atoms. The van der Waals surface area contributed by atoms with Crippen LogP contribution in [0.5, 0.6) is 0 Å². The van der Waals surface area contributed by atoms with Crippen molar-refractivity contribution in [2.24, 2.45) is 5.92 Å². The monoisotopic (exact) mass is 141 g/mol. The molecule has 0 amide bonds. The second-order valence-electron chi connectivity index (χ2n) is 3.56. The zero-order valence-electron chi connectivity index (χ0n) is 6.55. The molecule has 0 aromatic rings. The Morgan fingerprint density at radius 3 is 3.20 bits per heavy atom. The van der Waals surface area contributed by atoms with Gasteiger partial charge in [-0.1, -0.05) is 6.92 Å². The molecule has 0 aromatic carbocycles. The highest BCUT2D eigenvalue weighted by Gasteiger charge is 2.31. The lowest BCUT2D eigenvalue weighted by molar-refractivity contribution is 0.0128. The molecule has 2 nitrogen and oxygen atoms in total. The molecule has 0 bridgehead atoms. The zero-order chi connectivity index (χ0) is 6.97. The maximum atomic E-state index is 5.39. The molecular formula is C8H15NO. The molecule has 2 heterocycles. The third-order valence-electron chi connectivity index (χ3n) is 2.57. The van der Waals surface area contributed by atoms with E-state index in [9.17, 15) is 0 Å². The molecule has 2 aliphatic heterocycles. The van der Waals surface area contributed by atoms with Crippen molar-refractivity contribution in [1.29, 1.82) is 0 Å². The maximum Gasteiger partial charge on any atom is 0.0622 e. The highest BCUT2D eigenvalue weighted by Crippen LogP contribution is 2.24. The van der Waals surface area contributed by atoms with Gasteiger partial charge in [0.2, 0.25) is 0 Å². The number of nitrogens with zero attached hydrogens (tertiary/aromatic N) is 1. The number of hydrogen-bond acceptors (Lipinski definition) is 2. The number of rotatable bonds is 0. The normalized spacial score (nSPS) is 41.7. The quantitative estimate of drug-likeness (QED) is 0.493. The highest BCUT2D eigenvalue weighted by atomic mass is 16.5. The molecule has 10 heavy (non-hydrogen) atoms. The Bertz CT molecular complexity index is 112. The first-order valence-corrected chi connectivity index (χ1v) is 4.18. The third kappa shape index (κ3) is 1.06. The van der Waals surface area contributed by atoms with Crippen molar-refractivity contribution in [3.63, 3.8) is 0 Å². The summed E-state index contributed by atoms with van der Waals surface area (Å²) in [4.78, 5) is 2.56. The van der Waals surface area contributed by atoms with E-state index in [1.807, 2.05) is 0 Å². The van der Waals surface area contributed by atoms with E-state index in [4.69, 9.17) is 4.74 Å². The van der Waals surface area contributed by atoms with Crippen molar-refractivity contribution < 1.29 is 4.74 Å². The van der Waals surface area contributed by atoms with Crippen LogP contribution in [0.25, 0.3) is 0 Å². The average molecular weight is 141 g/mol. The Morgan fingerprint density at radius 1 is 1.50 bits per heavy atom. The molecule has 2 rings (SSSR count). The minimum atomic E-state index is 0.753. The zero-order valence-corrected chi connectivity index (χ0v) is 6.55. The van der Waals surface area contributed by atoms with Crippen LogP contribution in [0.4, 0.5) is 0 Å². The minimum absolute atomic E-state index is 0.753. The van der Waals surface area contributed by atoms with Gasteiger partial charge in [0.05, 0.1) is 13.2 Å². The summed E-state index contributed by atoms with van der Waals surface area (Å²) in [5, 5.41) is 0. The lowest BCUT2D eigenvalue weighted by Gasteiger charge is -2.28. The number of hydrogen-bond donors (Lipinski definition) is 0. The molecule has 0 aliphatic carbocycles. The highest BCUT2D eigenvalue weighted by molar-refractivity contribution is 4.84. The fourth-order valence-corrected chi connectivity index (χ4v) is 2.09. The Morgan fingerprint density at radius 2 is 2.40 bits per heavy atom. The van der Waals surface area contributed by atoms with Crippen LogP contribution in [0.2, 0.25) is 0 Å². The molecule has 2 heteroatoms. The van der Waals surface area contributed by atoms with E-state index in [0.29, 0.717) is 0 Å². The molecule has 58 valence electrons. The lowest BCUT2D eigenvalue weighted by Crippen LogP contribution is -2.40. The van der Waals surface area contributed by atoms with Crippen molar-refractivity contribution in [1.82, 2.24) is 4.90 Å². The van der Waals surface area contributed by atoms with Gasteiger partial charge in [0.1, 0.15) is 0 Å². The van der Waals surface area contributed by atoms with Gasteiger partial charge in [0.25, 0.3) is 0 Å². The van der Waals surface area contributed by atoms with E-state index in [1.165, 1.54) is 13.0 Å². The Kier molecular flexibility index (Phi) is 1.66. The maximum absolute atomic E-state index is 5.39. The van der Waals surface area contributed by atoms with E-state index in [1.54, 1.807) is 0 Å². The third-order valence-corrected chi connectivity index (χ3v) is 2.57. The Balaban J connectivity index is 1.97. The molecule has 2 atom stereocenters. The summed E-state index contributed by atoms with van der Waals surface area (Å²) in [5.41, 5.74) is 0. The van der Waals surface area contributed by atoms with Gasteiger partial charge in [0.15, 0.2) is 0 Å². The van der Waals surface area contributed by atoms with Gasteiger partial charge in [-0.05, 0) is 12.3 Å². The number of ether oxygens (including phenoxy) is 1. The minimum Gasteiger partial charge on any atom is -0.378 e. The van der Waals surface area contributed by atoms with E-state index in [0.717, 1.165) is 31.7 Å². The fraction of sp³-hybridized carbons (Fsp3) is 1.00. The van der Waals surface area contributed by atoms with E-state index < -0.39 is 0 Å². The standard InChI is InChI=1S/C8H15NO/c1-7-4-8-6-10-3-2-9(8)5-7/h7-8H,2-6H2,1H3/t7-,8-/m0/s1. The topological polar surface area (TPSA) is 12.5 Å². The van der Waals surface area contributed by atoms with E-state index in [2.05, 4.69) is 11.8 Å². The summed E-state index contributed by atoms with van der Waals surface area (Å²) < 4.78 is 5.39. The van der Waals surface area contributed by atoms with E-state index >= 15 is 0 Å². The van der Waals surface area contributed by atoms with E-state index in [-0.39, 0.29) is 0 Å². The van der Waals surface area contributed by atoms with Crippen LogP contribution in [0.3, 0.4) is 0 Å². The summed E-state index contributed by atoms with van der Waals surface area (Å²) in [5.74, 6) is 0.895. The molecule has 2 fully saturated rings. The van der Waals surface area contributed by atoms with Gasteiger partial charge in [0, 0.05) is 19.1 Å². The molecule has 0 unspecified atom stereocenters. The van der Waals surface area contributed by atoms with Crippen LogP contribution in [0.15, 0.2) is 0 Å². The summed E-state index contributed by atoms with van der Waals surface area (Å²) in [6, 6.07) is 0.753. The van der Waals surface area contributed by atoms with Gasteiger partial charge in [-0.3, -0.25) is 4.90 Å². The molecule has 0 N–H and O–H groups in total. The predicted octanol–water partition coefficient (Wildman–Crippen LogP) is 0.727. The summed E-state index contributed by atoms with van der Waals surface area (Å²) in [6.45, 7) is 6.72. The van der Waals surface area contributed by atoms with Crippen LogP contribution in [0.1, 0.15) is 13.3 Å². The van der Waals surface area contributed by atoms with Gasteiger partial charge in [-0.2, -0.15) is 0 Å². The number of morpholine rings is 1. The molecule has 0 radical (unpaired) electrons. The van der Waals surface area contributed by atoms with Crippen molar-refractivity contribution in [3.05, 3.63) is 0 Å². The SMILES string of the molecule is C[C@H]1C[C@H]2COCCN2C1. The Labute approximate surface area is 62.2 Å². The Hall–Kier alpha value is -0.0800. The first kappa shape index (κ1) is 6.62. The average Bonchev–Trinajstić information content (AvgIpc) is 2.27. The van der Waals surface area contributed by atoms with Crippen LogP contribution in [-0.2, 0) is 4.74 Å².